The first kappa shape index (κ1) is 25.2. The zero-order valence-corrected chi connectivity index (χ0v) is 19.7. The molecule has 0 aliphatic carbocycles. The molecule has 4 aromatic rings. The molecule has 0 radical (unpaired) electrons. The summed E-state index contributed by atoms with van der Waals surface area (Å²) in [7, 11) is -3.44. The largest absolute Gasteiger partial charge is 0.354 e. The molecule has 178 valence electrons. The van der Waals surface area contributed by atoms with Crippen molar-refractivity contribution in [3.63, 3.8) is 0 Å². The van der Waals surface area contributed by atoms with Crippen molar-refractivity contribution in [2.75, 3.05) is 22.3 Å². The molecule has 0 atom stereocenters. The number of para-hydroxylation sites is 1. The zero-order valence-electron chi connectivity index (χ0n) is 18.1. The van der Waals surface area contributed by atoms with Gasteiger partial charge in [-0.3, -0.25) is 14.8 Å². The monoisotopic (exact) mass is 501 g/mol. The zero-order chi connectivity index (χ0) is 23.4. The van der Waals surface area contributed by atoms with Gasteiger partial charge in [0.15, 0.2) is 0 Å². The molecule has 3 aromatic carbocycles. The smallest absolute Gasteiger partial charge is 0.271 e. The van der Waals surface area contributed by atoms with Crippen LogP contribution in [-0.2, 0) is 10.0 Å². The molecule has 0 saturated heterocycles. The van der Waals surface area contributed by atoms with E-state index in [9.17, 15) is 18.5 Å². The molecule has 0 unspecified atom stereocenters. The quantitative estimate of drug-likeness (QED) is 0.128. The molecule has 0 fully saturated rings. The van der Waals surface area contributed by atoms with E-state index in [0.29, 0.717) is 36.1 Å². The number of aromatic nitrogens is 1. The highest BCUT2D eigenvalue weighted by Gasteiger charge is 2.14. The predicted octanol–water partition coefficient (Wildman–Crippen LogP) is 4.94. The van der Waals surface area contributed by atoms with E-state index < -0.39 is 14.9 Å². The van der Waals surface area contributed by atoms with Gasteiger partial charge in [0, 0.05) is 34.3 Å². The van der Waals surface area contributed by atoms with Crippen LogP contribution in [-0.4, -0.2) is 30.6 Å². The number of nitro groups is 1. The second-order valence-corrected chi connectivity index (χ2v) is 9.42. The van der Waals surface area contributed by atoms with Gasteiger partial charge in [-0.05, 0) is 55.8 Å². The topological polar surface area (TPSA) is 140 Å². The van der Waals surface area contributed by atoms with Gasteiger partial charge in [-0.15, -0.1) is 12.4 Å². The Morgan fingerprint density at radius 1 is 0.912 bits per heavy atom. The van der Waals surface area contributed by atoms with Crippen molar-refractivity contribution >= 4 is 67.0 Å². The normalized spacial score (nSPS) is 11.2. The van der Waals surface area contributed by atoms with Crippen LogP contribution in [0.3, 0.4) is 0 Å². The van der Waals surface area contributed by atoms with Crippen molar-refractivity contribution in [1.29, 1.82) is 0 Å². The molecule has 34 heavy (non-hydrogen) atoms. The van der Waals surface area contributed by atoms with Crippen molar-refractivity contribution in [3.8, 4) is 0 Å². The third kappa shape index (κ3) is 5.71. The van der Waals surface area contributed by atoms with Gasteiger partial charge in [0.1, 0.15) is 0 Å². The fourth-order valence-corrected chi connectivity index (χ4v) is 4.74. The molecule has 4 rings (SSSR count). The van der Waals surface area contributed by atoms with Gasteiger partial charge >= 0.3 is 0 Å². The van der Waals surface area contributed by atoms with Crippen LogP contribution in [0.4, 0.5) is 22.7 Å². The van der Waals surface area contributed by atoms with E-state index in [1.54, 1.807) is 30.3 Å². The average Bonchev–Trinajstić information content (AvgIpc) is 2.79. The molecule has 1 aromatic heterocycles. The fourth-order valence-electron chi connectivity index (χ4n) is 3.56. The maximum Gasteiger partial charge on any atom is 0.271 e. The number of rotatable bonds is 9. The standard InChI is InChI=1S/C23H23N5O4S.ClH/c24-13-3-4-14-33(31,32)27-17-9-7-16(8-10-17)25-23-19-5-1-2-6-21(19)26-22-15-18(28(29)30)11-12-20(22)23;/h1-2,5-12,15,27H,3-4,13-14,24H2,(H,25,26);1H. The fraction of sp³-hybridized carbons (Fsp3) is 0.174. The second kappa shape index (κ2) is 10.6. The van der Waals surface area contributed by atoms with Crippen LogP contribution in [0, 0.1) is 10.1 Å². The Labute approximate surface area is 203 Å². The molecule has 0 aliphatic rings. The SMILES string of the molecule is Cl.NCCCCS(=O)(=O)Nc1ccc(Nc2c3ccccc3nc3cc([N+](=O)[O-])ccc23)cc1. The molecule has 0 spiro atoms. The van der Waals surface area contributed by atoms with Crippen LogP contribution in [0.25, 0.3) is 21.8 Å². The number of sulfonamides is 1. The van der Waals surface area contributed by atoms with E-state index in [0.717, 1.165) is 22.1 Å². The highest BCUT2D eigenvalue weighted by Crippen LogP contribution is 2.34. The Kier molecular flexibility index (Phi) is 7.87. The lowest BCUT2D eigenvalue weighted by Crippen LogP contribution is -2.17. The minimum atomic E-state index is -3.44. The van der Waals surface area contributed by atoms with E-state index in [1.165, 1.54) is 12.1 Å². The van der Waals surface area contributed by atoms with Gasteiger partial charge in [0.05, 0.1) is 27.4 Å². The van der Waals surface area contributed by atoms with Crippen LogP contribution in [0.5, 0.6) is 0 Å². The number of pyridine rings is 1. The van der Waals surface area contributed by atoms with E-state index in [1.807, 2.05) is 24.3 Å². The lowest BCUT2D eigenvalue weighted by Gasteiger charge is -2.14. The maximum atomic E-state index is 12.2. The first-order chi connectivity index (χ1) is 15.9. The molecule has 11 heteroatoms. The van der Waals surface area contributed by atoms with Crippen molar-refractivity contribution < 1.29 is 13.3 Å². The number of nitrogens with zero attached hydrogens (tertiary/aromatic N) is 2. The summed E-state index contributed by atoms with van der Waals surface area (Å²) in [6.07, 6.45) is 1.16. The summed E-state index contributed by atoms with van der Waals surface area (Å²) in [6, 6.07) is 19.0. The number of benzene rings is 3. The summed E-state index contributed by atoms with van der Waals surface area (Å²) >= 11 is 0. The summed E-state index contributed by atoms with van der Waals surface area (Å²) in [5.41, 5.74) is 8.57. The van der Waals surface area contributed by atoms with Crippen LogP contribution in [0.2, 0.25) is 0 Å². The van der Waals surface area contributed by atoms with E-state index in [-0.39, 0.29) is 23.8 Å². The summed E-state index contributed by atoms with van der Waals surface area (Å²) in [5, 5.41) is 16.2. The van der Waals surface area contributed by atoms with Crippen molar-refractivity contribution in [3.05, 3.63) is 76.8 Å². The van der Waals surface area contributed by atoms with Gasteiger partial charge in [-0.25, -0.2) is 13.4 Å². The number of unbranched alkanes of at least 4 members (excludes halogenated alkanes) is 1. The van der Waals surface area contributed by atoms with Gasteiger partial charge < -0.3 is 11.1 Å². The Hall–Kier alpha value is -3.47. The average molecular weight is 502 g/mol. The Morgan fingerprint density at radius 2 is 1.59 bits per heavy atom. The molecule has 9 nitrogen and oxygen atoms in total. The molecule has 0 amide bonds. The second-order valence-electron chi connectivity index (χ2n) is 7.58. The Balaban J connectivity index is 0.00000324. The number of fused-ring (bicyclic) bond motifs is 2. The molecule has 0 bridgehead atoms. The molecule has 1 heterocycles. The van der Waals surface area contributed by atoms with Gasteiger partial charge in [0.25, 0.3) is 5.69 Å². The van der Waals surface area contributed by atoms with Gasteiger partial charge in [0.2, 0.25) is 10.0 Å². The number of nitrogens with two attached hydrogens (primary N) is 1. The minimum absolute atomic E-state index is 0. The van der Waals surface area contributed by atoms with Gasteiger partial charge in [-0.2, -0.15) is 0 Å². The van der Waals surface area contributed by atoms with Crippen LogP contribution in [0.1, 0.15) is 12.8 Å². The highest BCUT2D eigenvalue weighted by atomic mass is 35.5. The predicted molar refractivity (Wildman–Crippen MR) is 139 cm³/mol. The highest BCUT2D eigenvalue weighted by molar-refractivity contribution is 7.92. The molecule has 4 N–H and O–H groups in total. The summed E-state index contributed by atoms with van der Waals surface area (Å²) in [5.74, 6) is 0.0192. The number of nitro benzene ring substituents is 1. The van der Waals surface area contributed by atoms with Crippen molar-refractivity contribution in [2.24, 2.45) is 5.73 Å². The first-order valence-corrected chi connectivity index (χ1v) is 12.1. The third-order valence-corrected chi connectivity index (χ3v) is 6.54. The number of hydrogen-bond acceptors (Lipinski definition) is 7. The molecular formula is C23H24ClN5O4S. The Bertz CT molecular complexity index is 1430. The first-order valence-electron chi connectivity index (χ1n) is 10.4. The summed E-state index contributed by atoms with van der Waals surface area (Å²) < 4.78 is 27.0. The lowest BCUT2D eigenvalue weighted by molar-refractivity contribution is -0.384. The van der Waals surface area contributed by atoms with Crippen molar-refractivity contribution in [2.45, 2.75) is 12.8 Å². The third-order valence-electron chi connectivity index (χ3n) is 5.17. The molecule has 0 saturated carbocycles. The lowest BCUT2D eigenvalue weighted by atomic mass is 10.1. The maximum absolute atomic E-state index is 12.2. The summed E-state index contributed by atoms with van der Waals surface area (Å²) in [4.78, 5) is 15.3. The van der Waals surface area contributed by atoms with Crippen LogP contribution in [0.15, 0.2) is 66.7 Å². The number of nitrogens with one attached hydrogen (secondary N) is 2. The number of hydrogen-bond donors (Lipinski definition) is 3. The van der Waals surface area contributed by atoms with Crippen molar-refractivity contribution in [1.82, 2.24) is 4.98 Å². The van der Waals surface area contributed by atoms with E-state index in [2.05, 4.69) is 15.0 Å². The Morgan fingerprint density at radius 3 is 2.29 bits per heavy atom. The number of halogens is 1. The summed E-state index contributed by atoms with van der Waals surface area (Å²) in [6.45, 7) is 0.460. The number of anilines is 3. The molecular weight excluding hydrogens is 478 g/mol. The van der Waals surface area contributed by atoms with Gasteiger partial charge in [-0.1, -0.05) is 18.2 Å². The van der Waals surface area contributed by atoms with Crippen LogP contribution < -0.4 is 15.8 Å². The van der Waals surface area contributed by atoms with E-state index in [4.69, 9.17) is 5.73 Å². The number of non-ortho nitro benzene ring substituents is 1. The molecule has 0 aliphatic heterocycles. The van der Waals surface area contributed by atoms with E-state index >= 15 is 0 Å². The minimum Gasteiger partial charge on any atom is -0.354 e. The van der Waals surface area contributed by atoms with Crippen LogP contribution >= 0.6 is 12.4 Å².